The highest BCUT2D eigenvalue weighted by molar-refractivity contribution is 6.12. The second-order valence-corrected chi connectivity index (χ2v) is 5.74. The maximum atomic E-state index is 12.9. The third-order valence-electron chi connectivity index (χ3n) is 4.50. The van der Waals surface area contributed by atoms with Crippen molar-refractivity contribution in [2.75, 3.05) is 14.2 Å². The van der Waals surface area contributed by atoms with Crippen LogP contribution in [0.1, 0.15) is 34.1 Å². The van der Waals surface area contributed by atoms with Crippen LogP contribution in [0.3, 0.4) is 0 Å². The Hall–Kier alpha value is -1.69. The van der Waals surface area contributed by atoms with Gasteiger partial charge in [0.05, 0.1) is 19.3 Å². The zero-order chi connectivity index (χ0) is 17.1. The van der Waals surface area contributed by atoms with E-state index in [1.807, 2.05) is 0 Å². The van der Waals surface area contributed by atoms with Gasteiger partial charge in [0.15, 0.2) is 5.78 Å². The summed E-state index contributed by atoms with van der Waals surface area (Å²) in [4.78, 5) is 36.6. The average molecular weight is 312 g/mol. The molecule has 1 heterocycles. The van der Waals surface area contributed by atoms with Gasteiger partial charge >= 0.3 is 5.97 Å². The standard InChI is InChI=1S/C16H24O6/c1-7-16(4,15(19)21-6)13(18)11-8-22-14(20-5)12(11)9(2)10(3)17/h8-9,12,14H,7H2,1-6H3. The number of methoxy groups -OCH3 is 2. The molecule has 0 aromatic carbocycles. The summed E-state index contributed by atoms with van der Waals surface area (Å²) in [6.07, 6.45) is 0.878. The molecule has 4 atom stereocenters. The Labute approximate surface area is 130 Å². The summed E-state index contributed by atoms with van der Waals surface area (Å²) in [5.74, 6) is -2.06. The second-order valence-electron chi connectivity index (χ2n) is 5.74. The van der Waals surface area contributed by atoms with Gasteiger partial charge in [-0.15, -0.1) is 0 Å². The minimum absolute atomic E-state index is 0.0764. The monoisotopic (exact) mass is 312 g/mol. The Kier molecular flexibility index (Phi) is 5.88. The van der Waals surface area contributed by atoms with E-state index in [2.05, 4.69) is 0 Å². The summed E-state index contributed by atoms with van der Waals surface area (Å²) in [5, 5.41) is 0. The summed E-state index contributed by atoms with van der Waals surface area (Å²) < 4.78 is 15.3. The van der Waals surface area contributed by atoms with Crippen LogP contribution in [0.2, 0.25) is 0 Å². The van der Waals surface area contributed by atoms with E-state index in [-0.39, 0.29) is 18.0 Å². The molecule has 124 valence electrons. The Morgan fingerprint density at radius 2 is 1.95 bits per heavy atom. The fourth-order valence-electron chi connectivity index (χ4n) is 2.56. The van der Waals surface area contributed by atoms with Gasteiger partial charge in [0.1, 0.15) is 11.2 Å². The number of ether oxygens (including phenoxy) is 3. The molecule has 0 bridgehead atoms. The molecule has 0 aromatic rings. The molecule has 22 heavy (non-hydrogen) atoms. The summed E-state index contributed by atoms with van der Waals surface area (Å²) >= 11 is 0. The Bertz CT molecular complexity index is 495. The number of Topliss-reactive ketones (excluding diaryl/α,β-unsaturated/α-hetero) is 2. The van der Waals surface area contributed by atoms with Crippen molar-refractivity contribution in [3.63, 3.8) is 0 Å². The van der Waals surface area contributed by atoms with Crippen LogP contribution in [0.5, 0.6) is 0 Å². The molecule has 0 spiro atoms. The van der Waals surface area contributed by atoms with Gasteiger partial charge in [-0.3, -0.25) is 14.4 Å². The lowest BCUT2D eigenvalue weighted by molar-refractivity contribution is -0.156. The maximum absolute atomic E-state index is 12.9. The molecule has 1 aliphatic rings. The summed E-state index contributed by atoms with van der Waals surface area (Å²) in [7, 11) is 2.70. The molecule has 0 N–H and O–H groups in total. The van der Waals surface area contributed by atoms with Crippen molar-refractivity contribution < 1.29 is 28.6 Å². The van der Waals surface area contributed by atoms with Crippen molar-refractivity contribution in [3.8, 4) is 0 Å². The number of ketones is 2. The van der Waals surface area contributed by atoms with Crippen LogP contribution in [0.25, 0.3) is 0 Å². The highest BCUT2D eigenvalue weighted by atomic mass is 16.7. The van der Waals surface area contributed by atoms with Crippen molar-refractivity contribution in [2.24, 2.45) is 17.3 Å². The lowest BCUT2D eigenvalue weighted by Crippen LogP contribution is -2.41. The third kappa shape index (κ3) is 3.06. The van der Waals surface area contributed by atoms with Gasteiger partial charge in [-0.1, -0.05) is 13.8 Å². The van der Waals surface area contributed by atoms with Crippen molar-refractivity contribution in [1.82, 2.24) is 0 Å². The first-order valence-electron chi connectivity index (χ1n) is 7.26. The van der Waals surface area contributed by atoms with Crippen LogP contribution in [0.4, 0.5) is 0 Å². The van der Waals surface area contributed by atoms with E-state index >= 15 is 0 Å². The van der Waals surface area contributed by atoms with Crippen LogP contribution in [0, 0.1) is 17.3 Å². The predicted octanol–water partition coefficient (Wildman–Crippen LogP) is 1.87. The van der Waals surface area contributed by atoms with E-state index in [4.69, 9.17) is 14.2 Å². The highest BCUT2D eigenvalue weighted by Crippen LogP contribution is 2.39. The van der Waals surface area contributed by atoms with Gasteiger partial charge in [0.2, 0.25) is 6.29 Å². The van der Waals surface area contributed by atoms with Gasteiger partial charge in [0.25, 0.3) is 0 Å². The first-order chi connectivity index (χ1) is 10.2. The fraction of sp³-hybridized carbons (Fsp3) is 0.688. The lowest BCUT2D eigenvalue weighted by Gasteiger charge is -2.28. The van der Waals surface area contributed by atoms with Crippen molar-refractivity contribution in [1.29, 1.82) is 0 Å². The van der Waals surface area contributed by atoms with Crippen molar-refractivity contribution >= 4 is 17.5 Å². The van der Waals surface area contributed by atoms with Crippen LogP contribution < -0.4 is 0 Å². The molecule has 1 aliphatic heterocycles. The molecule has 0 fully saturated rings. The van der Waals surface area contributed by atoms with E-state index in [1.165, 1.54) is 34.3 Å². The minimum atomic E-state index is -1.30. The van der Waals surface area contributed by atoms with E-state index in [0.717, 1.165) is 0 Å². The smallest absolute Gasteiger partial charge is 0.319 e. The first kappa shape index (κ1) is 18.4. The van der Waals surface area contributed by atoms with E-state index in [9.17, 15) is 14.4 Å². The number of carbonyl (C=O) groups excluding carboxylic acids is 3. The average Bonchev–Trinajstić information content (AvgIpc) is 2.94. The van der Waals surface area contributed by atoms with Gasteiger partial charge in [-0.05, 0) is 20.3 Å². The van der Waals surface area contributed by atoms with Gasteiger partial charge in [-0.25, -0.2) is 0 Å². The fourth-order valence-corrected chi connectivity index (χ4v) is 2.56. The minimum Gasteiger partial charge on any atom is -0.471 e. The van der Waals surface area contributed by atoms with Crippen molar-refractivity contribution in [2.45, 2.75) is 40.4 Å². The number of hydrogen-bond acceptors (Lipinski definition) is 6. The molecular weight excluding hydrogens is 288 g/mol. The second kappa shape index (κ2) is 7.05. The predicted molar refractivity (Wildman–Crippen MR) is 78.7 cm³/mol. The van der Waals surface area contributed by atoms with E-state index < -0.39 is 29.5 Å². The largest absolute Gasteiger partial charge is 0.471 e. The molecular formula is C16H24O6. The maximum Gasteiger partial charge on any atom is 0.319 e. The topological polar surface area (TPSA) is 78.9 Å². The SMILES string of the molecule is CCC(C)(C(=O)OC)C(=O)C1=COC(OC)C1C(C)C(C)=O. The van der Waals surface area contributed by atoms with Gasteiger partial charge in [0, 0.05) is 18.6 Å². The zero-order valence-corrected chi connectivity index (χ0v) is 14.0. The molecule has 0 amide bonds. The Balaban J connectivity index is 3.20. The van der Waals surface area contributed by atoms with Crippen molar-refractivity contribution in [3.05, 3.63) is 11.8 Å². The van der Waals surface area contributed by atoms with Gasteiger partial charge < -0.3 is 14.2 Å². The molecule has 0 radical (unpaired) electrons. The molecule has 1 rings (SSSR count). The normalized spacial score (nSPS) is 24.7. The van der Waals surface area contributed by atoms with Crippen LogP contribution in [-0.4, -0.2) is 38.0 Å². The number of carbonyl (C=O) groups is 3. The number of rotatable bonds is 7. The Morgan fingerprint density at radius 3 is 2.36 bits per heavy atom. The molecule has 0 aromatic heterocycles. The molecule has 4 unspecified atom stereocenters. The number of esters is 1. The number of hydrogen-bond donors (Lipinski definition) is 0. The van der Waals surface area contributed by atoms with Crippen LogP contribution in [-0.2, 0) is 28.6 Å². The zero-order valence-electron chi connectivity index (χ0n) is 14.0. The molecule has 6 heteroatoms. The third-order valence-corrected chi connectivity index (χ3v) is 4.50. The first-order valence-corrected chi connectivity index (χ1v) is 7.26. The molecule has 0 saturated heterocycles. The Morgan fingerprint density at radius 1 is 1.36 bits per heavy atom. The van der Waals surface area contributed by atoms with E-state index in [1.54, 1.807) is 13.8 Å². The molecule has 6 nitrogen and oxygen atoms in total. The molecule has 0 aliphatic carbocycles. The van der Waals surface area contributed by atoms with Crippen LogP contribution in [0.15, 0.2) is 11.8 Å². The van der Waals surface area contributed by atoms with Crippen LogP contribution >= 0.6 is 0 Å². The summed E-state index contributed by atoms with van der Waals surface area (Å²) in [5.41, 5.74) is -1.01. The molecule has 0 saturated carbocycles. The summed E-state index contributed by atoms with van der Waals surface area (Å²) in [6, 6.07) is 0. The highest BCUT2D eigenvalue weighted by Gasteiger charge is 2.49. The lowest BCUT2D eigenvalue weighted by atomic mass is 9.74. The van der Waals surface area contributed by atoms with Gasteiger partial charge in [-0.2, -0.15) is 0 Å². The summed E-state index contributed by atoms with van der Waals surface area (Å²) in [6.45, 7) is 6.45. The quantitative estimate of drug-likeness (QED) is 0.527. The van der Waals surface area contributed by atoms with E-state index in [0.29, 0.717) is 5.57 Å².